The molecule has 4 aliphatic carbocycles. The Morgan fingerprint density at radius 2 is 1.26 bits per heavy atom. The Balaban J connectivity index is 0.00000202. The molecule has 2 aromatic rings. The quantitative estimate of drug-likeness (QED) is 0.386. The summed E-state index contributed by atoms with van der Waals surface area (Å²) in [5, 5.41) is 0. The van der Waals surface area contributed by atoms with E-state index in [-0.39, 0.29) is 35.6 Å². The van der Waals surface area contributed by atoms with Crippen LogP contribution in [0, 0.1) is 11.8 Å². The minimum atomic E-state index is -2.34. The maximum Gasteiger partial charge on any atom is -1.00 e. The van der Waals surface area contributed by atoms with Crippen molar-refractivity contribution in [2.45, 2.75) is 129 Å². The Hall–Kier alpha value is -0.747. The predicted molar refractivity (Wildman–Crippen MR) is 172 cm³/mol. The summed E-state index contributed by atoms with van der Waals surface area (Å²) in [4.78, 5) is 0. The fourth-order valence-electron chi connectivity index (χ4n) is 8.11. The number of halogens is 2. The third kappa shape index (κ3) is 6.90. The second kappa shape index (κ2) is 13.7. The Kier molecular flexibility index (Phi) is 11.1. The van der Waals surface area contributed by atoms with Crippen LogP contribution in [0.2, 0.25) is 0 Å². The van der Waals surface area contributed by atoms with Crippen molar-refractivity contribution in [3.63, 3.8) is 0 Å². The van der Waals surface area contributed by atoms with Crippen molar-refractivity contribution in [3.8, 4) is 11.1 Å². The van der Waals surface area contributed by atoms with Gasteiger partial charge in [0.05, 0.1) is 0 Å². The first-order valence-electron chi connectivity index (χ1n) is 16.5. The molecule has 0 heterocycles. The number of hydrogen-bond donors (Lipinski definition) is 0. The van der Waals surface area contributed by atoms with Crippen LogP contribution in [0.4, 0.5) is 0 Å². The van der Waals surface area contributed by atoms with E-state index in [0.29, 0.717) is 0 Å². The van der Waals surface area contributed by atoms with E-state index in [0.717, 1.165) is 18.3 Å². The molecule has 0 bridgehead atoms. The minimum Gasteiger partial charge on any atom is -1.00 e. The van der Waals surface area contributed by atoms with Gasteiger partial charge >= 0.3 is 254 Å². The van der Waals surface area contributed by atoms with E-state index < -0.39 is 21.3 Å². The van der Waals surface area contributed by atoms with Crippen LogP contribution >= 0.6 is 0 Å². The van der Waals surface area contributed by atoms with Crippen LogP contribution in [0.25, 0.3) is 11.1 Å². The molecule has 0 atom stereocenters. The summed E-state index contributed by atoms with van der Waals surface area (Å²) < 4.78 is 5.88. The third-order valence-electron chi connectivity index (χ3n) is 10.5. The summed E-state index contributed by atoms with van der Waals surface area (Å²) in [5.74, 6) is 1.77. The SMILES string of the molecule is CC(C)(C)c1ccc2c(c1)-c1cc(C(C)(C)C)c[c]([Zr+2]([C]3=CC=CC3)=[C](C3CCCCC3)C3CCCCC3)c1C2.[Cl-].[Cl-]. The molecule has 4 aliphatic rings. The molecule has 0 spiro atoms. The van der Waals surface area contributed by atoms with Gasteiger partial charge in [-0.05, 0) is 0 Å². The second-order valence-corrected chi connectivity index (χ2v) is 21.6. The van der Waals surface area contributed by atoms with Gasteiger partial charge in [0.2, 0.25) is 0 Å². The Morgan fingerprint density at radius 1 is 0.690 bits per heavy atom. The zero-order valence-corrected chi connectivity index (χ0v) is 31.0. The first kappa shape index (κ1) is 34.1. The Morgan fingerprint density at radius 3 is 1.79 bits per heavy atom. The molecule has 2 aromatic carbocycles. The van der Waals surface area contributed by atoms with Crippen molar-refractivity contribution < 1.29 is 46.1 Å². The van der Waals surface area contributed by atoms with Gasteiger partial charge in [0.1, 0.15) is 0 Å². The second-order valence-electron chi connectivity index (χ2n) is 15.4. The fraction of sp³-hybridized carbons (Fsp3) is 0.564. The molecular formula is C39H52Cl2Zr. The molecular weight excluding hydrogens is 631 g/mol. The monoisotopic (exact) mass is 680 g/mol. The molecule has 0 radical (unpaired) electrons. The van der Waals surface area contributed by atoms with Gasteiger partial charge in [0.25, 0.3) is 0 Å². The normalized spacial score (nSPS) is 18.7. The summed E-state index contributed by atoms with van der Waals surface area (Å²) in [5.41, 5.74) is 9.76. The van der Waals surface area contributed by atoms with Crippen LogP contribution in [-0.2, 0) is 38.5 Å². The number of allylic oxidation sites excluding steroid dienone is 4. The van der Waals surface area contributed by atoms with E-state index >= 15 is 0 Å². The van der Waals surface area contributed by atoms with Crippen molar-refractivity contribution in [1.29, 1.82) is 0 Å². The standard InChI is InChI=1S/C21H25.C13H22.C5H5.2ClH.Zr/c1-20(2,3)16-9-7-14-11-15-8-10-17(21(4,5)6)13-19(15)18(14)12-16;1-3-7-12(8-4-1)11-13-9-5-2-6-10-13;1-2-4-5-3-1;;;/h7,9-10,12-13H,11H2,1-6H3;12-13H,1-10H2;1-3H,4H2;2*1H;/q;;;;;+2/p-2. The van der Waals surface area contributed by atoms with Crippen molar-refractivity contribution >= 4 is 6.48 Å². The Labute approximate surface area is 277 Å². The summed E-state index contributed by atoms with van der Waals surface area (Å²) in [6.45, 7) is 14.4. The minimum absolute atomic E-state index is 0. The van der Waals surface area contributed by atoms with Gasteiger partial charge in [0.15, 0.2) is 0 Å². The maximum atomic E-state index is 2.77. The maximum absolute atomic E-state index is 2.77. The van der Waals surface area contributed by atoms with Gasteiger partial charge in [-0.3, -0.25) is 0 Å². The van der Waals surface area contributed by atoms with Crippen LogP contribution in [0.5, 0.6) is 0 Å². The van der Waals surface area contributed by atoms with Gasteiger partial charge in [-0.1, -0.05) is 0 Å². The van der Waals surface area contributed by atoms with E-state index in [4.69, 9.17) is 0 Å². The van der Waals surface area contributed by atoms with E-state index in [9.17, 15) is 0 Å². The molecule has 42 heavy (non-hydrogen) atoms. The van der Waals surface area contributed by atoms with Gasteiger partial charge in [-0.15, -0.1) is 0 Å². The summed E-state index contributed by atoms with van der Waals surface area (Å²) in [6, 6.07) is 12.8. The molecule has 0 unspecified atom stereocenters. The van der Waals surface area contributed by atoms with Crippen LogP contribution in [0.3, 0.4) is 0 Å². The van der Waals surface area contributed by atoms with Crippen molar-refractivity contribution in [1.82, 2.24) is 0 Å². The van der Waals surface area contributed by atoms with Gasteiger partial charge in [-0.2, -0.15) is 0 Å². The van der Waals surface area contributed by atoms with E-state index in [2.05, 4.69) is 93.3 Å². The summed E-state index contributed by atoms with van der Waals surface area (Å²) in [7, 11) is 0. The van der Waals surface area contributed by atoms with E-state index in [1.54, 1.807) is 22.3 Å². The number of fused-ring (bicyclic) bond motifs is 3. The first-order valence-corrected chi connectivity index (χ1v) is 20.2. The zero-order valence-electron chi connectivity index (χ0n) is 27.0. The molecule has 3 heteroatoms. The predicted octanol–water partition coefficient (Wildman–Crippen LogP) is 4.28. The molecule has 6 rings (SSSR count). The molecule has 226 valence electrons. The van der Waals surface area contributed by atoms with Gasteiger partial charge < -0.3 is 24.8 Å². The number of hydrogen-bond acceptors (Lipinski definition) is 0. The molecule has 0 amide bonds. The van der Waals surface area contributed by atoms with Crippen LogP contribution < -0.4 is 28.1 Å². The van der Waals surface area contributed by atoms with Crippen molar-refractivity contribution in [3.05, 3.63) is 74.1 Å². The van der Waals surface area contributed by atoms with E-state index in [1.807, 2.05) is 6.55 Å². The average Bonchev–Trinajstić information content (AvgIpc) is 3.59. The molecule has 0 saturated heterocycles. The number of benzene rings is 2. The summed E-state index contributed by atoms with van der Waals surface area (Å²) in [6.07, 6.45) is 24.4. The molecule has 2 saturated carbocycles. The third-order valence-corrected chi connectivity index (χ3v) is 18.8. The van der Waals surface area contributed by atoms with Crippen LogP contribution in [-0.4, -0.2) is 3.21 Å². The smallest absolute Gasteiger partial charge is 1.00 e. The zero-order chi connectivity index (χ0) is 28.1. The average molecular weight is 683 g/mol. The largest absolute Gasteiger partial charge is 1.00 e. The molecule has 0 aromatic heterocycles. The first-order chi connectivity index (χ1) is 19.1. The molecule has 0 N–H and O–H groups in total. The topological polar surface area (TPSA) is 0 Å². The van der Waals surface area contributed by atoms with Crippen LogP contribution in [0.15, 0.2) is 51.8 Å². The van der Waals surface area contributed by atoms with E-state index in [1.165, 1.54) is 81.8 Å². The van der Waals surface area contributed by atoms with Gasteiger partial charge in [-0.25, -0.2) is 0 Å². The molecule has 2 fully saturated rings. The number of rotatable bonds is 4. The molecule has 0 aliphatic heterocycles. The van der Waals surface area contributed by atoms with Gasteiger partial charge in [0, 0.05) is 0 Å². The Bertz CT molecular complexity index is 1350. The summed E-state index contributed by atoms with van der Waals surface area (Å²) >= 11 is -2.34. The van der Waals surface area contributed by atoms with Crippen molar-refractivity contribution in [2.24, 2.45) is 11.8 Å². The van der Waals surface area contributed by atoms with Crippen LogP contribution in [0.1, 0.15) is 134 Å². The fourth-order valence-corrected chi connectivity index (χ4v) is 17.5. The van der Waals surface area contributed by atoms with Crippen molar-refractivity contribution in [2.75, 3.05) is 0 Å². The molecule has 0 nitrogen and oxygen atoms in total.